The molecule has 2 rings (SSSR count). The molecule has 1 aliphatic carbocycles. The quantitative estimate of drug-likeness (QED) is 0.699. The number of para-hydroxylation sites is 1. The lowest BCUT2D eigenvalue weighted by Crippen LogP contribution is -2.16. The SMILES string of the molecule is CC1(C)CC=C(Oc2ccccc2)CC1. The second kappa shape index (κ2) is 4.09. The van der Waals surface area contributed by atoms with Crippen molar-refractivity contribution in [1.29, 1.82) is 0 Å². The Morgan fingerprint density at radius 2 is 1.87 bits per heavy atom. The second-order valence-electron chi connectivity index (χ2n) is 4.95. The number of allylic oxidation sites excluding steroid dienone is 2. The molecular formula is C14H18O. The van der Waals surface area contributed by atoms with Crippen molar-refractivity contribution in [2.45, 2.75) is 33.1 Å². The summed E-state index contributed by atoms with van der Waals surface area (Å²) in [6.45, 7) is 4.62. The van der Waals surface area contributed by atoms with Crippen LogP contribution in [0.15, 0.2) is 42.2 Å². The Balaban J connectivity index is 2.00. The van der Waals surface area contributed by atoms with Crippen molar-refractivity contribution < 1.29 is 4.74 Å². The molecule has 15 heavy (non-hydrogen) atoms. The van der Waals surface area contributed by atoms with Crippen molar-refractivity contribution in [2.24, 2.45) is 5.41 Å². The molecule has 0 unspecified atom stereocenters. The minimum absolute atomic E-state index is 0.448. The fraction of sp³-hybridized carbons (Fsp3) is 0.429. The molecule has 0 heterocycles. The maximum absolute atomic E-state index is 5.81. The molecule has 80 valence electrons. The summed E-state index contributed by atoms with van der Waals surface area (Å²) in [7, 11) is 0. The summed E-state index contributed by atoms with van der Waals surface area (Å²) in [5, 5.41) is 0. The average Bonchev–Trinajstić information content (AvgIpc) is 2.23. The van der Waals surface area contributed by atoms with Gasteiger partial charge in [-0.05, 0) is 36.5 Å². The van der Waals surface area contributed by atoms with E-state index in [2.05, 4.69) is 19.9 Å². The van der Waals surface area contributed by atoms with Crippen LogP contribution in [0.5, 0.6) is 5.75 Å². The van der Waals surface area contributed by atoms with Gasteiger partial charge in [-0.2, -0.15) is 0 Å². The van der Waals surface area contributed by atoms with E-state index >= 15 is 0 Å². The summed E-state index contributed by atoms with van der Waals surface area (Å²) in [6.07, 6.45) is 5.62. The van der Waals surface area contributed by atoms with Gasteiger partial charge in [-0.25, -0.2) is 0 Å². The molecule has 0 saturated heterocycles. The Hall–Kier alpha value is -1.24. The molecule has 0 saturated carbocycles. The molecule has 0 atom stereocenters. The maximum Gasteiger partial charge on any atom is 0.126 e. The second-order valence-corrected chi connectivity index (χ2v) is 4.95. The Bertz CT molecular complexity index is 349. The van der Waals surface area contributed by atoms with E-state index in [4.69, 9.17) is 4.74 Å². The molecule has 0 amide bonds. The van der Waals surface area contributed by atoms with E-state index in [0.29, 0.717) is 5.41 Å². The van der Waals surface area contributed by atoms with Crippen LogP contribution in [0.3, 0.4) is 0 Å². The van der Waals surface area contributed by atoms with E-state index in [1.54, 1.807) is 0 Å². The van der Waals surface area contributed by atoms with Crippen LogP contribution in [0.4, 0.5) is 0 Å². The summed E-state index contributed by atoms with van der Waals surface area (Å²) in [5.41, 5.74) is 0.448. The van der Waals surface area contributed by atoms with Gasteiger partial charge in [0.15, 0.2) is 0 Å². The highest BCUT2D eigenvalue weighted by molar-refractivity contribution is 5.23. The normalized spacial score (nSPS) is 19.5. The Labute approximate surface area is 91.8 Å². The van der Waals surface area contributed by atoms with Crippen LogP contribution < -0.4 is 4.74 Å². The highest BCUT2D eigenvalue weighted by atomic mass is 16.5. The molecular weight excluding hydrogens is 184 g/mol. The van der Waals surface area contributed by atoms with Gasteiger partial charge in [-0.3, -0.25) is 0 Å². The van der Waals surface area contributed by atoms with Gasteiger partial charge in [-0.1, -0.05) is 32.0 Å². The molecule has 1 aromatic rings. The summed E-state index contributed by atoms with van der Waals surface area (Å²) in [4.78, 5) is 0. The molecule has 0 fully saturated rings. The van der Waals surface area contributed by atoms with E-state index < -0.39 is 0 Å². The Kier molecular flexibility index (Phi) is 2.81. The van der Waals surface area contributed by atoms with Gasteiger partial charge in [-0.15, -0.1) is 0 Å². The first kappa shape index (κ1) is 10.3. The summed E-state index contributed by atoms with van der Waals surface area (Å²) in [6, 6.07) is 10.0. The third kappa shape index (κ3) is 2.85. The fourth-order valence-corrected chi connectivity index (χ4v) is 1.79. The molecule has 1 aliphatic rings. The monoisotopic (exact) mass is 202 g/mol. The third-order valence-corrected chi connectivity index (χ3v) is 2.92. The lowest BCUT2D eigenvalue weighted by Gasteiger charge is -2.28. The van der Waals surface area contributed by atoms with E-state index in [-0.39, 0.29) is 0 Å². The minimum Gasteiger partial charge on any atom is -0.462 e. The molecule has 0 radical (unpaired) electrons. The van der Waals surface area contributed by atoms with Gasteiger partial charge in [0.2, 0.25) is 0 Å². The Morgan fingerprint density at radius 3 is 2.47 bits per heavy atom. The highest BCUT2D eigenvalue weighted by Crippen LogP contribution is 2.34. The fourth-order valence-electron chi connectivity index (χ4n) is 1.79. The number of hydrogen-bond acceptors (Lipinski definition) is 1. The zero-order valence-corrected chi connectivity index (χ0v) is 9.49. The molecule has 0 aliphatic heterocycles. The van der Waals surface area contributed by atoms with E-state index in [1.807, 2.05) is 30.3 Å². The Morgan fingerprint density at radius 1 is 1.13 bits per heavy atom. The van der Waals surface area contributed by atoms with E-state index in [9.17, 15) is 0 Å². The highest BCUT2D eigenvalue weighted by Gasteiger charge is 2.22. The molecule has 0 spiro atoms. The number of rotatable bonds is 2. The molecule has 1 heteroatoms. The average molecular weight is 202 g/mol. The smallest absolute Gasteiger partial charge is 0.126 e. The predicted molar refractivity (Wildman–Crippen MR) is 62.8 cm³/mol. The van der Waals surface area contributed by atoms with Crippen LogP contribution in [0.2, 0.25) is 0 Å². The van der Waals surface area contributed by atoms with Crippen LogP contribution in [0, 0.1) is 5.41 Å². The van der Waals surface area contributed by atoms with Crippen molar-refractivity contribution in [2.75, 3.05) is 0 Å². The van der Waals surface area contributed by atoms with E-state index in [0.717, 1.165) is 24.4 Å². The standard InChI is InChI=1S/C14H18O/c1-14(2)10-8-13(9-11-14)15-12-6-4-3-5-7-12/h3-8H,9-11H2,1-2H3. The van der Waals surface area contributed by atoms with E-state index in [1.165, 1.54) is 6.42 Å². The van der Waals surface area contributed by atoms with Crippen LogP contribution in [-0.2, 0) is 0 Å². The van der Waals surface area contributed by atoms with Gasteiger partial charge in [0.1, 0.15) is 11.5 Å². The summed E-state index contributed by atoms with van der Waals surface area (Å²) in [5.74, 6) is 2.07. The minimum atomic E-state index is 0.448. The first-order chi connectivity index (χ1) is 7.16. The molecule has 1 aromatic carbocycles. The van der Waals surface area contributed by atoms with Crippen molar-refractivity contribution in [3.05, 3.63) is 42.2 Å². The topological polar surface area (TPSA) is 9.23 Å². The van der Waals surface area contributed by atoms with Crippen LogP contribution in [0.25, 0.3) is 0 Å². The number of hydrogen-bond donors (Lipinski definition) is 0. The van der Waals surface area contributed by atoms with Crippen LogP contribution in [0.1, 0.15) is 33.1 Å². The van der Waals surface area contributed by atoms with Crippen LogP contribution in [-0.4, -0.2) is 0 Å². The summed E-state index contributed by atoms with van der Waals surface area (Å²) >= 11 is 0. The lowest BCUT2D eigenvalue weighted by molar-refractivity contribution is 0.278. The van der Waals surface area contributed by atoms with Gasteiger partial charge >= 0.3 is 0 Å². The zero-order chi connectivity index (χ0) is 10.7. The number of ether oxygens (including phenoxy) is 1. The van der Waals surface area contributed by atoms with Crippen molar-refractivity contribution in [1.82, 2.24) is 0 Å². The molecule has 0 bridgehead atoms. The maximum atomic E-state index is 5.81. The third-order valence-electron chi connectivity index (χ3n) is 2.92. The van der Waals surface area contributed by atoms with Crippen molar-refractivity contribution in [3.63, 3.8) is 0 Å². The first-order valence-electron chi connectivity index (χ1n) is 5.58. The van der Waals surface area contributed by atoms with Crippen molar-refractivity contribution >= 4 is 0 Å². The lowest BCUT2D eigenvalue weighted by atomic mass is 9.80. The van der Waals surface area contributed by atoms with Gasteiger partial charge in [0.25, 0.3) is 0 Å². The molecule has 1 nitrogen and oxygen atoms in total. The largest absolute Gasteiger partial charge is 0.462 e. The first-order valence-corrected chi connectivity index (χ1v) is 5.58. The van der Waals surface area contributed by atoms with Gasteiger partial charge in [0, 0.05) is 6.42 Å². The molecule has 0 aromatic heterocycles. The number of benzene rings is 1. The van der Waals surface area contributed by atoms with Gasteiger partial charge < -0.3 is 4.74 Å². The van der Waals surface area contributed by atoms with Crippen LogP contribution >= 0.6 is 0 Å². The zero-order valence-electron chi connectivity index (χ0n) is 9.49. The molecule has 0 N–H and O–H groups in total. The predicted octanol–water partition coefficient (Wildman–Crippen LogP) is 4.16. The van der Waals surface area contributed by atoms with Crippen molar-refractivity contribution in [3.8, 4) is 5.75 Å². The van der Waals surface area contributed by atoms with Gasteiger partial charge in [0.05, 0.1) is 0 Å². The summed E-state index contributed by atoms with van der Waals surface area (Å²) < 4.78 is 5.81.